The number of rotatable bonds is 4. The molecular weight excluding hydrogens is 267 g/mol. The van der Waals surface area contributed by atoms with Crippen molar-refractivity contribution in [2.24, 2.45) is 0 Å². The van der Waals surface area contributed by atoms with Gasteiger partial charge in [-0.3, -0.25) is 4.79 Å². The topological polar surface area (TPSA) is 37.3 Å². The molecule has 0 spiro atoms. The van der Waals surface area contributed by atoms with E-state index in [9.17, 15) is 14.3 Å². The largest absolute Gasteiger partial charge is 0.481 e. The number of carboxylic acid groups (broad SMARTS) is 1. The van der Waals surface area contributed by atoms with Crippen molar-refractivity contribution in [3.63, 3.8) is 0 Å². The van der Waals surface area contributed by atoms with Crippen molar-refractivity contribution in [3.05, 3.63) is 70.5 Å². The Balaban J connectivity index is 2.32. The first-order valence-corrected chi connectivity index (χ1v) is 6.18. The van der Waals surface area contributed by atoms with E-state index in [1.54, 1.807) is 36.4 Å². The third-order valence-corrected chi connectivity index (χ3v) is 3.25. The number of benzene rings is 2. The predicted molar refractivity (Wildman–Crippen MR) is 71.9 cm³/mol. The van der Waals surface area contributed by atoms with E-state index in [1.165, 1.54) is 6.07 Å². The Bertz CT molecular complexity index is 584. The van der Waals surface area contributed by atoms with Crippen molar-refractivity contribution in [1.29, 1.82) is 0 Å². The van der Waals surface area contributed by atoms with Gasteiger partial charge in [0, 0.05) is 0 Å². The van der Waals surface area contributed by atoms with Crippen LogP contribution in [0.5, 0.6) is 0 Å². The van der Waals surface area contributed by atoms with Crippen molar-refractivity contribution in [2.45, 2.75) is 12.3 Å². The van der Waals surface area contributed by atoms with Gasteiger partial charge in [-0.2, -0.15) is 0 Å². The van der Waals surface area contributed by atoms with Crippen molar-refractivity contribution in [3.8, 4) is 0 Å². The molecule has 0 radical (unpaired) electrons. The molecule has 2 aromatic rings. The molecule has 0 aliphatic heterocycles. The summed E-state index contributed by atoms with van der Waals surface area (Å²) in [5.74, 6) is -2.31. The lowest BCUT2D eigenvalue weighted by Gasteiger charge is -2.13. The highest BCUT2D eigenvalue weighted by Crippen LogP contribution is 2.25. The first-order valence-electron chi connectivity index (χ1n) is 5.80. The highest BCUT2D eigenvalue weighted by Gasteiger charge is 2.22. The average Bonchev–Trinajstić information content (AvgIpc) is 2.41. The molecule has 1 unspecified atom stereocenters. The van der Waals surface area contributed by atoms with E-state index >= 15 is 0 Å². The van der Waals surface area contributed by atoms with Crippen molar-refractivity contribution in [1.82, 2.24) is 0 Å². The molecule has 0 amide bonds. The molecule has 0 saturated carbocycles. The monoisotopic (exact) mass is 278 g/mol. The Kier molecular flexibility index (Phi) is 4.17. The maximum atomic E-state index is 13.8. The maximum Gasteiger partial charge on any atom is 0.311 e. The van der Waals surface area contributed by atoms with Gasteiger partial charge in [-0.25, -0.2) is 4.39 Å². The molecule has 2 nitrogen and oxygen atoms in total. The van der Waals surface area contributed by atoms with Crippen LogP contribution >= 0.6 is 11.6 Å². The van der Waals surface area contributed by atoms with Crippen LogP contribution in [0.15, 0.2) is 48.5 Å². The molecule has 2 aromatic carbocycles. The van der Waals surface area contributed by atoms with Gasteiger partial charge in [0.25, 0.3) is 0 Å². The fourth-order valence-corrected chi connectivity index (χ4v) is 2.15. The number of carbonyl (C=O) groups is 1. The Morgan fingerprint density at radius 1 is 1.16 bits per heavy atom. The summed E-state index contributed by atoms with van der Waals surface area (Å²) in [6, 6.07) is 13.4. The molecule has 2 rings (SSSR count). The van der Waals surface area contributed by atoms with Gasteiger partial charge in [-0.15, -0.1) is 0 Å². The summed E-state index contributed by atoms with van der Waals surface area (Å²) in [6.07, 6.45) is 0.0751. The molecule has 0 saturated heterocycles. The fourth-order valence-electron chi connectivity index (χ4n) is 1.96. The lowest BCUT2D eigenvalue weighted by molar-refractivity contribution is -0.138. The first kappa shape index (κ1) is 13.6. The summed E-state index contributed by atoms with van der Waals surface area (Å²) in [6.45, 7) is 0. The van der Waals surface area contributed by atoms with E-state index in [0.29, 0.717) is 11.1 Å². The number of carboxylic acids is 1. The summed E-state index contributed by atoms with van der Waals surface area (Å²) in [5.41, 5.74) is 0.957. The highest BCUT2D eigenvalue weighted by molar-refractivity contribution is 6.30. The number of aliphatic carboxylic acids is 1. The molecule has 4 heteroatoms. The second kappa shape index (κ2) is 5.85. The van der Waals surface area contributed by atoms with E-state index in [0.717, 1.165) is 0 Å². The minimum Gasteiger partial charge on any atom is -0.481 e. The molecule has 0 heterocycles. The summed E-state index contributed by atoms with van der Waals surface area (Å²) >= 11 is 5.70. The molecular formula is C15H12ClFO2. The van der Waals surface area contributed by atoms with Crippen LogP contribution in [0.2, 0.25) is 5.02 Å². The number of hydrogen-bond donors (Lipinski definition) is 1. The number of halogens is 2. The standard InChI is InChI=1S/C15H12ClFO2/c16-13-8-4-7-11(14(13)17)9-12(15(18)19)10-5-2-1-3-6-10/h1-8,12H,9H2,(H,18,19). The van der Waals surface area contributed by atoms with Gasteiger partial charge in [0.15, 0.2) is 0 Å². The zero-order valence-corrected chi connectivity index (χ0v) is 10.8. The van der Waals surface area contributed by atoms with Crippen LogP contribution in [0.1, 0.15) is 17.0 Å². The van der Waals surface area contributed by atoms with E-state index in [2.05, 4.69) is 0 Å². The van der Waals surface area contributed by atoms with Crippen LogP contribution in [0, 0.1) is 5.82 Å². The van der Waals surface area contributed by atoms with Gasteiger partial charge >= 0.3 is 5.97 Å². The van der Waals surface area contributed by atoms with Gasteiger partial charge in [0.2, 0.25) is 0 Å². The van der Waals surface area contributed by atoms with Crippen LogP contribution in [-0.2, 0) is 11.2 Å². The van der Waals surface area contributed by atoms with Gasteiger partial charge < -0.3 is 5.11 Å². The SMILES string of the molecule is O=C(O)C(Cc1cccc(Cl)c1F)c1ccccc1. The average molecular weight is 279 g/mol. The lowest BCUT2D eigenvalue weighted by Crippen LogP contribution is -2.15. The Morgan fingerprint density at radius 3 is 2.47 bits per heavy atom. The van der Waals surface area contributed by atoms with Crippen molar-refractivity contribution in [2.75, 3.05) is 0 Å². The van der Waals surface area contributed by atoms with Crippen molar-refractivity contribution < 1.29 is 14.3 Å². The van der Waals surface area contributed by atoms with Gasteiger partial charge in [0.1, 0.15) is 5.82 Å². The highest BCUT2D eigenvalue weighted by atomic mass is 35.5. The minimum absolute atomic E-state index is 0.00898. The van der Waals surface area contributed by atoms with Gasteiger partial charge in [-0.05, 0) is 23.6 Å². The molecule has 1 atom stereocenters. The molecule has 0 bridgehead atoms. The Labute approximate surface area is 115 Å². The normalized spacial score (nSPS) is 12.1. The quantitative estimate of drug-likeness (QED) is 0.921. The summed E-state index contributed by atoms with van der Waals surface area (Å²) in [7, 11) is 0. The second-order valence-corrected chi connectivity index (χ2v) is 4.63. The van der Waals surface area contributed by atoms with E-state index < -0.39 is 17.7 Å². The fraction of sp³-hybridized carbons (Fsp3) is 0.133. The smallest absolute Gasteiger partial charge is 0.311 e. The third-order valence-electron chi connectivity index (χ3n) is 2.96. The zero-order chi connectivity index (χ0) is 13.8. The van der Waals surface area contributed by atoms with E-state index in [1.807, 2.05) is 6.07 Å². The molecule has 0 aliphatic carbocycles. The van der Waals surface area contributed by atoms with E-state index in [4.69, 9.17) is 11.6 Å². The molecule has 0 aliphatic rings. The van der Waals surface area contributed by atoms with Crippen LogP contribution < -0.4 is 0 Å². The second-order valence-electron chi connectivity index (χ2n) is 4.22. The molecule has 19 heavy (non-hydrogen) atoms. The lowest BCUT2D eigenvalue weighted by atomic mass is 9.92. The zero-order valence-electron chi connectivity index (χ0n) is 10.0. The van der Waals surface area contributed by atoms with Crippen LogP contribution in [0.3, 0.4) is 0 Å². The van der Waals surface area contributed by atoms with Gasteiger partial charge in [-0.1, -0.05) is 54.1 Å². The molecule has 0 fully saturated rings. The summed E-state index contributed by atoms with van der Waals surface area (Å²) in [5, 5.41) is 9.30. The molecule has 0 aromatic heterocycles. The number of hydrogen-bond acceptors (Lipinski definition) is 1. The third kappa shape index (κ3) is 3.12. The Hall–Kier alpha value is -1.87. The molecule has 1 N–H and O–H groups in total. The van der Waals surface area contributed by atoms with E-state index in [-0.39, 0.29) is 11.4 Å². The molecule has 98 valence electrons. The predicted octanol–water partition coefficient (Wildman–Crippen LogP) is 3.89. The van der Waals surface area contributed by atoms with Crippen LogP contribution in [0.4, 0.5) is 4.39 Å². The minimum atomic E-state index is -0.981. The van der Waals surface area contributed by atoms with Crippen LogP contribution in [-0.4, -0.2) is 11.1 Å². The Morgan fingerprint density at radius 2 is 1.84 bits per heavy atom. The van der Waals surface area contributed by atoms with Gasteiger partial charge in [0.05, 0.1) is 10.9 Å². The van der Waals surface area contributed by atoms with Crippen LogP contribution in [0.25, 0.3) is 0 Å². The maximum absolute atomic E-state index is 13.8. The summed E-state index contributed by atoms with van der Waals surface area (Å²) in [4.78, 5) is 11.3. The summed E-state index contributed by atoms with van der Waals surface area (Å²) < 4.78 is 13.8. The van der Waals surface area contributed by atoms with Crippen molar-refractivity contribution >= 4 is 17.6 Å². The first-order chi connectivity index (χ1) is 9.09.